The molecule has 0 radical (unpaired) electrons. The van der Waals surface area contributed by atoms with Crippen LogP contribution in [-0.4, -0.2) is 16.6 Å². The van der Waals surface area contributed by atoms with Gasteiger partial charge in [-0.25, -0.2) is 0 Å². The summed E-state index contributed by atoms with van der Waals surface area (Å²) in [5, 5.41) is 19.1. The topological polar surface area (TPSA) is 44.0 Å². The van der Waals surface area contributed by atoms with Crippen LogP contribution in [0.3, 0.4) is 0 Å². The second-order valence-electron chi connectivity index (χ2n) is 4.63. The average Bonchev–Trinajstić information content (AvgIpc) is 2.24. The zero-order valence-electron chi connectivity index (χ0n) is 8.25. The molecular weight excluding hydrogens is 198 g/mol. The van der Waals surface area contributed by atoms with Gasteiger partial charge in [-0.2, -0.15) is 5.26 Å². The summed E-state index contributed by atoms with van der Waals surface area (Å²) < 4.78 is 0. The lowest BCUT2D eigenvalue weighted by Crippen LogP contribution is -2.50. The zero-order chi connectivity index (χ0) is 10.2. The van der Waals surface area contributed by atoms with Crippen LogP contribution in [0.25, 0.3) is 0 Å². The molecule has 0 aromatic carbocycles. The molecule has 2 nitrogen and oxygen atoms in total. The fraction of sp³-hybridized carbons (Fsp3) is 0.909. The molecular formula is C11H16ClNO. The molecule has 0 amide bonds. The van der Waals surface area contributed by atoms with Crippen molar-refractivity contribution in [3.05, 3.63) is 0 Å². The summed E-state index contributed by atoms with van der Waals surface area (Å²) in [5.41, 5.74) is -0.525. The van der Waals surface area contributed by atoms with Gasteiger partial charge < -0.3 is 5.11 Å². The van der Waals surface area contributed by atoms with Gasteiger partial charge in [-0.1, -0.05) is 12.8 Å². The number of aliphatic hydroxyl groups excluding tert-OH is 1. The number of aliphatic hydroxyl groups is 1. The third-order valence-electron chi connectivity index (χ3n) is 3.99. The van der Waals surface area contributed by atoms with E-state index in [-0.39, 0.29) is 5.38 Å². The molecule has 2 rings (SSSR count). The van der Waals surface area contributed by atoms with E-state index < -0.39 is 11.5 Å². The van der Waals surface area contributed by atoms with Crippen molar-refractivity contribution in [2.24, 2.45) is 11.3 Å². The summed E-state index contributed by atoms with van der Waals surface area (Å²) in [6, 6.07) is 2.37. The molecule has 0 aromatic rings. The number of rotatable bonds is 0. The molecule has 2 fully saturated rings. The minimum absolute atomic E-state index is 0.219. The van der Waals surface area contributed by atoms with Crippen LogP contribution in [0, 0.1) is 22.7 Å². The standard InChI is InChI=1S/C11H16ClNO/c12-9-5-4-8-3-1-2-6-11(8,7-13)10(9)14/h8-10,14H,1-6H2/t8?,9?,10-,11-/m1/s1. The van der Waals surface area contributed by atoms with E-state index in [4.69, 9.17) is 11.6 Å². The van der Waals surface area contributed by atoms with Gasteiger partial charge >= 0.3 is 0 Å². The highest BCUT2D eigenvalue weighted by atomic mass is 35.5. The van der Waals surface area contributed by atoms with Crippen molar-refractivity contribution in [1.29, 1.82) is 5.26 Å². The van der Waals surface area contributed by atoms with Crippen LogP contribution in [-0.2, 0) is 0 Å². The molecule has 0 spiro atoms. The lowest BCUT2D eigenvalue weighted by atomic mass is 9.58. The monoisotopic (exact) mass is 213 g/mol. The van der Waals surface area contributed by atoms with Gasteiger partial charge in [-0.05, 0) is 31.6 Å². The maximum Gasteiger partial charge on any atom is 0.0892 e. The second-order valence-corrected chi connectivity index (χ2v) is 5.19. The van der Waals surface area contributed by atoms with E-state index in [2.05, 4.69) is 6.07 Å². The summed E-state index contributed by atoms with van der Waals surface area (Å²) in [7, 11) is 0. The van der Waals surface area contributed by atoms with Gasteiger partial charge in [0.15, 0.2) is 0 Å². The fourth-order valence-corrected chi connectivity index (χ4v) is 3.47. The van der Waals surface area contributed by atoms with E-state index in [0.717, 1.165) is 32.1 Å². The predicted molar refractivity (Wildman–Crippen MR) is 54.9 cm³/mol. The predicted octanol–water partition coefficient (Wildman–Crippen LogP) is 2.45. The maximum atomic E-state index is 10.1. The van der Waals surface area contributed by atoms with Crippen LogP contribution >= 0.6 is 11.6 Å². The SMILES string of the molecule is N#C[C@]12CCCCC1CCC(Cl)[C@H]2O. The van der Waals surface area contributed by atoms with E-state index in [1.807, 2.05) is 0 Å². The Morgan fingerprint density at radius 1 is 1.29 bits per heavy atom. The number of fused-ring (bicyclic) bond motifs is 1. The Morgan fingerprint density at radius 3 is 2.79 bits per heavy atom. The van der Waals surface area contributed by atoms with Gasteiger partial charge in [0.25, 0.3) is 0 Å². The van der Waals surface area contributed by atoms with Crippen molar-refractivity contribution in [3.63, 3.8) is 0 Å². The Morgan fingerprint density at radius 2 is 2.07 bits per heavy atom. The number of halogens is 1. The van der Waals surface area contributed by atoms with Crippen LogP contribution in [0.2, 0.25) is 0 Å². The molecule has 78 valence electrons. The molecule has 0 heterocycles. The van der Waals surface area contributed by atoms with Crippen LogP contribution in [0.1, 0.15) is 38.5 Å². The maximum absolute atomic E-state index is 10.1. The van der Waals surface area contributed by atoms with Crippen molar-refractivity contribution in [1.82, 2.24) is 0 Å². The molecule has 2 unspecified atom stereocenters. The molecule has 2 aliphatic rings. The fourth-order valence-electron chi connectivity index (χ4n) is 3.12. The van der Waals surface area contributed by atoms with E-state index >= 15 is 0 Å². The van der Waals surface area contributed by atoms with Crippen LogP contribution in [0.5, 0.6) is 0 Å². The Balaban J connectivity index is 2.28. The Kier molecular flexibility index (Phi) is 2.72. The van der Waals surface area contributed by atoms with Gasteiger partial charge in [0, 0.05) is 0 Å². The third kappa shape index (κ3) is 1.34. The zero-order valence-corrected chi connectivity index (χ0v) is 9.00. The minimum atomic E-state index is -0.617. The van der Waals surface area contributed by atoms with Gasteiger partial charge in [0.05, 0.1) is 23.0 Å². The first kappa shape index (κ1) is 10.3. The highest BCUT2D eigenvalue weighted by Gasteiger charge is 2.51. The average molecular weight is 214 g/mol. The number of alkyl halides is 1. The first-order chi connectivity index (χ1) is 6.70. The van der Waals surface area contributed by atoms with Gasteiger partial charge in [-0.15, -0.1) is 11.6 Å². The number of nitriles is 1. The van der Waals surface area contributed by atoms with E-state index in [1.54, 1.807) is 0 Å². The van der Waals surface area contributed by atoms with Gasteiger partial charge in [0.2, 0.25) is 0 Å². The van der Waals surface area contributed by atoms with E-state index in [1.165, 1.54) is 6.42 Å². The highest BCUT2D eigenvalue weighted by Crippen LogP contribution is 2.51. The Labute approximate surface area is 89.9 Å². The molecule has 1 N–H and O–H groups in total. The second kappa shape index (κ2) is 3.72. The molecule has 2 saturated carbocycles. The highest BCUT2D eigenvalue weighted by molar-refractivity contribution is 6.21. The summed E-state index contributed by atoms with van der Waals surface area (Å²) in [5.74, 6) is 0.381. The largest absolute Gasteiger partial charge is 0.390 e. The lowest BCUT2D eigenvalue weighted by molar-refractivity contribution is -0.0356. The molecule has 0 aliphatic heterocycles. The smallest absolute Gasteiger partial charge is 0.0892 e. The molecule has 3 heteroatoms. The first-order valence-electron chi connectivity index (χ1n) is 5.44. The molecule has 0 saturated heterocycles. The van der Waals surface area contributed by atoms with Crippen LogP contribution < -0.4 is 0 Å². The van der Waals surface area contributed by atoms with Crippen molar-refractivity contribution >= 4 is 11.6 Å². The summed E-state index contributed by atoms with van der Waals surface area (Å²) in [4.78, 5) is 0. The molecule has 0 bridgehead atoms. The number of hydrogen-bond acceptors (Lipinski definition) is 2. The Hall–Kier alpha value is -0.260. The van der Waals surface area contributed by atoms with E-state index in [9.17, 15) is 10.4 Å². The lowest BCUT2D eigenvalue weighted by Gasteiger charge is -2.47. The third-order valence-corrected chi connectivity index (χ3v) is 4.45. The Bertz CT molecular complexity index is 259. The molecule has 2 aliphatic carbocycles. The summed E-state index contributed by atoms with van der Waals surface area (Å²) in [6.45, 7) is 0. The molecule has 0 aromatic heterocycles. The molecule has 4 atom stereocenters. The van der Waals surface area contributed by atoms with Crippen molar-refractivity contribution in [2.45, 2.75) is 50.0 Å². The van der Waals surface area contributed by atoms with Crippen molar-refractivity contribution in [2.75, 3.05) is 0 Å². The number of hydrogen-bond donors (Lipinski definition) is 1. The number of nitrogens with zero attached hydrogens (tertiary/aromatic N) is 1. The summed E-state index contributed by atoms with van der Waals surface area (Å²) in [6.07, 6.45) is 5.44. The quantitative estimate of drug-likeness (QED) is 0.629. The summed E-state index contributed by atoms with van der Waals surface area (Å²) >= 11 is 6.05. The minimum Gasteiger partial charge on any atom is -0.390 e. The van der Waals surface area contributed by atoms with E-state index in [0.29, 0.717) is 5.92 Å². The van der Waals surface area contributed by atoms with Crippen LogP contribution in [0.4, 0.5) is 0 Å². The van der Waals surface area contributed by atoms with Crippen LogP contribution in [0.15, 0.2) is 0 Å². The first-order valence-corrected chi connectivity index (χ1v) is 5.88. The normalized spacial score (nSPS) is 47.9. The van der Waals surface area contributed by atoms with Gasteiger partial charge in [-0.3, -0.25) is 0 Å². The van der Waals surface area contributed by atoms with Crippen molar-refractivity contribution in [3.8, 4) is 6.07 Å². The van der Waals surface area contributed by atoms with Crippen molar-refractivity contribution < 1.29 is 5.11 Å². The van der Waals surface area contributed by atoms with Gasteiger partial charge in [0.1, 0.15) is 0 Å². The molecule has 14 heavy (non-hydrogen) atoms.